The molecule has 1 aromatic carbocycles. The lowest BCUT2D eigenvalue weighted by atomic mass is 10.1. The largest absolute Gasteiger partial charge is 0.508 e. The first-order valence-corrected chi connectivity index (χ1v) is 4.96. The van der Waals surface area contributed by atoms with Crippen LogP contribution >= 0.6 is 0 Å². The summed E-state index contributed by atoms with van der Waals surface area (Å²) in [5.74, 6) is 1.04. The van der Waals surface area contributed by atoms with Gasteiger partial charge in [-0.2, -0.15) is 0 Å². The van der Waals surface area contributed by atoms with Gasteiger partial charge in [0.05, 0.1) is 0 Å². The molecule has 3 N–H and O–H groups in total. The number of phenolic OH excluding ortho intramolecular Hbond substituents is 1. The quantitative estimate of drug-likeness (QED) is 0.786. The van der Waals surface area contributed by atoms with E-state index in [4.69, 9.17) is 5.73 Å². The van der Waals surface area contributed by atoms with Crippen molar-refractivity contribution in [1.29, 1.82) is 0 Å². The fraction of sp³-hybridized carbons (Fsp3) is 0.167. The second kappa shape index (κ2) is 3.69. The first-order chi connectivity index (χ1) is 7.22. The Balaban J connectivity index is 2.49. The minimum Gasteiger partial charge on any atom is -0.508 e. The highest BCUT2D eigenvalue weighted by molar-refractivity contribution is 5.64. The zero-order chi connectivity index (χ0) is 10.8. The van der Waals surface area contributed by atoms with Gasteiger partial charge < -0.3 is 15.4 Å². The van der Waals surface area contributed by atoms with Crippen LogP contribution in [-0.2, 0) is 6.54 Å². The van der Waals surface area contributed by atoms with Gasteiger partial charge >= 0.3 is 0 Å². The van der Waals surface area contributed by atoms with Gasteiger partial charge in [0.1, 0.15) is 11.6 Å². The van der Waals surface area contributed by atoms with Crippen molar-refractivity contribution in [1.82, 2.24) is 4.57 Å². The zero-order valence-corrected chi connectivity index (χ0v) is 8.64. The molecular formula is C12H14N2O. The fourth-order valence-electron chi connectivity index (χ4n) is 1.72. The number of nitrogen functional groups attached to an aromatic ring is 1. The van der Waals surface area contributed by atoms with Crippen molar-refractivity contribution in [3.05, 3.63) is 36.4 Å². The number of nitrogens with two attached hydrogens (primary N) is 1. The third-order valence-electron chi connectivity index (χ3n) is 2.49. The van der Waals surface area contributed by atoms with Crippen LogP contribution in [-0.4, -0.2) is 9.67 Å². The number of hydrogen-bond acceptors (Lipinski definition) is 2. The van der Waals surface area contributed by atoms with Crippen molar-refractivity contribution in [2.24, 2.45) is 0 Å². The van der Waals surface area contributed by atoms with Crippen LogP contribution in [0.5, 0.6) is 5.75 Å². The third-order valence-corrected chi connectivity index (χ3v) is 2.49. The normalized spacial score (nSPS) is 10.5. The highest BCUT2D eigenvalue weighted by Crippen LogP contribution is 2.25. The Morgan fingerprint density at radius 3 is 2.40 bits per heavy atom. The first-order valence-electron chi connectivity index (χ1n) is 4.96. The van der Waals surface area contributed by atoms with Crippen LogP contribution in [0, 0.1) is 0 Å². The summed E-state index contributed by atoms with van der Waals surface area (Å²) >= 11 is 0. The van der Waals surface area contributed by atoms with Gasteiger partial charge in [0.25, 0.3) is 0 Å². The van der Waals surface area contributed by atoms with E-state index in [-0.39, 0.29) is 5.75 Å². The summed E-state index contributed by atoms with van der Waals surface area (Å²) < 4.78 is 2.03. The maximum atomic E-state index is 9.20. The molecule has 2 rings (SSSR count). The van der Waals surface area contributed by atoms with Gasteiger partial charge in [0, 0.05) is 12.2 Å². The van der Waals surface area contributed by atoms with Crippen LogP contribution in [0.1, 0.15) is 6.92 Å². The average molecular weight is 202 g/mol. The average Bonchev–Trinajstić information content (AvgIpc) is 2.61. The van der Waals surface area contributed by atoms with Gasteiger partial charge in [-0.1, -0.05) is 0 Å². The summed E-state index contributed by atoms with van der Waals surface area (Å²) in [6, 6.07) is 11.0. The lowest BCUT2D eigenvalue weighted by Crippen LogP contribution is -2.01. The molecule has 0 saturated heterocycles. The lowest BCUT2D eigenvalue weighted by molar-refractivity contribution is 0.475. The zero-order valence-electron chi connectivity index (χ0n) is 8.64. The Kier molecular flexibility index (Phi) is 2.37. The summed E-state index contributed by atoms with van der Waals surface area (Å²) in [5.41, 5.74) is 7.97. The van der Waals surface area contributed by atoms with E-state index in [0.29, 0.717) is 0 Å². The van der Waals surface area contributed by atoms with E-state index in [2.05, 4.69) is 6.92 Å². The summed E-state index contributed by atoms with van der Waals surface area (Å²) in [5, 5.41) is 9.20. The number of benzene rings is 1. The Morgan fingerprint density at radius 1 is 1.13 bits per heavy atom. The molecule has 0 saturated carbocycles. The molecule has 1 aromatic heterocycles. The maximum absolute atomic E-state index is 9.20. The van der Waals surface area contributed by atoms with E-state index in [9.17, 15) is 5.11 Å². The molecule has 3 nitrogen and oxygen atoms in total. The predicted octanol–water partition coefficient (Wildman–Crippen LogP) is 2.46. The molecule has 0 fully saturated rings. The standard InChI is InChI=1S/C12H14N2O/c1-2-14-11(7-8-12(14)13)9-3-5-10(15)6-4-9/h3-8,15H,2,13H2,1H3. The molecule has 3 heteroatoms. The van der Waals surface area contributed by atoms with Gasteiger partial charge in [0.2, 0.25) is 0 Å². The van der Waals surface area contributed by atoms with E-state index < -0.39 is 0 Å². The van der Waals surface area contributed by atoms with Crippen LogP contribution < -0.4 is 5.73 Å². The number of phenols is 1. The lowest BCUT2D eigenvalue weighted by Gasteiger charge is -2.08. The van der Waals surface area contributed by atoms with Crippen LogP contribution in [0.3, 0.4) is 0 Å². The molecule has 0 aliphatic heterocycles. The molecule has 0 aliphatic rings. The predicted molar refractivity (Wildman–Crippen MR) is 61.6 cm³/mol. The number of nitrogens with zero attached hydrogens (tertiary/aromatic N) is 1. The molecule has 0 amide bonds. The number of anilines is 1. The molecule has 0 spiro atoms. The van der Waals surface area contributed by atoms with Gasteiger partial charge in [0.15, 0.2) is 0 Å². The Hall–Kier alpha value is -1.90. The second-order valence-corrected chi connectivity index (χ2v) is 3.43. The summed E-state index contributed by atoms with van der Waals surface area (Å²) in [6.45, 7) is 2.90. The van der Waals surface area contributed by atoms with Crippen LogP contribution in [0.25, 0.3) is 11.3 Å². The Morgan fingerprint density at radius 2 is 1.80 bits per heavy atom. The van der Waals surface area contributed by atoms with Crippen molar-refractivity contribution in [3.63, 3.8) is 0 Å². The molecule has 0 unspecified atom stereocenters. The minimum absolute atomic E-state index is 0.279. The van der Waals surface area contributed by atoms with E-state index in [1.807, 2.05) is 28.8 Å². The monoisotopic (exact) mass is 202 g/mol. The fourth-order valence-corrected chi connectivity index (χ4v) is 1.72. The van der Waals surface area contributed by atoms with Gasteiger partial charge in [-0.25, -0.2) is 0 Å². The molecule has 0 radical (unpaired) electrons. The van der Waals surface area contributed by atoms with Crippen LogP contribution in [0.2, 0.25) is 0 Å². The van der Waals surface area contributed by atoms with E-state index in [1.165, 1.54) is 0 Å². The second-order valence-electron chi connectivity index (χ2n) is 3.43. The number of hydrogen-bond donors (Lipinski definition) is 2. The maximum Gasteiger partial charge on any atom is 0.115 e. The van der Waals surface area contributed by atoms with Crippen molar-refractivity contribution < 1.29 is 5.11 Å². The summed E-state index contributed by atoms with van der Waals surface area (Å²) in [7, 11) is 0. The Labute approximate surface area is 88.8 Å². The van der Waals surface area contributed by atoms with E-state index >= 15 is 0 Å². The first kappa shape index (κ1) is 9.65. The molecule has 78 valence electrons. The van der Waals surface area contributed by atoms with Gasteiger partial charge in [-0.15, -0.1) is 0 Å². The topological polar surface area (TPSA) is 51.2 Å². The van der Waals surface area contributed by atoms with Crippen LogP contribution in [0.15, 0.2) is 36.4 Å². The van der Waals surface area contributed by atoms with E-state index in [0.717, 1.165) is 23.6 Å². The molecule has 0 aliphatic carbocycles. The van der Waals surface area contributed by atoms with Crippen LogP contribution in [0.4, 0.5) is 5.82 Å². The molecular weight excluding hydrogens is 188 g/mol. The molecule has 1 heterocycles. The molecule has 0 atom stereocenters. The molecule has 15 heavy (non-hydrogen) atoms. The van der Waals surface area contributed by atoms with Crippen molar-refractivity contribution in [2.45, 2.75) is 13.5 Å². The molecule has 2 aromatic rings. The van der Waals surface area contributed by atoms with E-state index in [1.54, 1.807) is 12.1 Å². The SMILES string of the molecule is CCn1c(N)ccc1-c1ccc(O)cc1. The summed E-state index contributed by atoms with van der Waals surface area (Å²) in [4.78, 5) is 0. The summed E-state index contributed by atoms with van der Waals surface area (Å²) in [6.07, 6.45) is 0. The highest BCUT2D eigenvalue weighted by atomic mass is 16.3. The number of rotatable bonds is 2. The highest BCUT2D eigenvalue weighted by Gasteiger charge is 2.05. The third kappa shape index (κ3) is 1.68. The van der Waals surface area contributed by atoms with Gasteiger partial charge in [-0.3, -0.25) is 0 Å². The number of aromatic nitrogens is 1. The minimum atomic E-state index is 0.279. The van der Waals surface area contributed by atoms with Gasteiger partial charge in [-0.05, 0) is 48.9 Å². The molecule has 0 bridgehead atoms. The smallest absolute Gasteiger partial charge is 0.115 e. The number of aromatic hydroxyl groups is 1. The van der Waals surface area contributed by atoms with Crippen molar-refractivity contribution in [2.75, 3.05) is 5.73 Å². The van der Waals surface area contributed by atoms with Crippen molar-refractivity contribution in [3.8, 4) is 17.0 Å². The Bertz CT molecular complexity index is 457. The van der Waals surface area contributed by atoms with Crippen molar-refractivity contribution >= 4 is 5.82 Å².